The van der Waals surface area contributed by atoms with Gasteiger partial charge < -0.3 is 10.2 Å². The molecule has 106 valence electrons. The van der Waals surface area contributed by atoms with Crippen molar-refractivity contribution in [3.8, 4) is 0 Å². The summed E-state index contributed by atoms with van der Waals surface area (Å²) in [6, 6.07) is 8.56. The summed E-state index contributed by atoms with van der Waals surface area (Å²) < 4.78 is 0. The summed E-state index contributed by atoms with van der Waals surface area (Å²) in [6.45, 7) is 3.85. The lowest BCUT2D eigenvalue weighted by molar-refractivity contribution is 0.0707. The van der Waals surface area contributed by atoms with Crippen LogP contribution in [-0.2, 0) is 6.42 Å². The number of nitrogens with zero attached hydrogens (tertiary/aromatic N) is 1. The van der Waals surface area contributed by atoms with E-state index in [1.165, 1.54) is 5.56 Å². The second-order valence-electron chi connectivity index (χ2n) is 4.91. The van der Waals surface area contributed by atoms with E-state index in [9.17, 15) is 4.79 Å². The number of carbonyl (C=O) groups excluding carboxylic acids is 1. The second-order valence-corrected chi connectivity index (χ2v) is 4.91. The van der Waals surface area contributed by atoms with Crippen molar-refractivity contribution in [2.45, 2.75) is 32.2 Å². The number of hydrogen-bond acceptors (Lipinski definition) is 2. The molecule has 1 amide bonds. The van der Waals surface area contributed by atoms with Gasteiger partial charge in [-0.05, 0) is 44.0 Å². The molecule has 0 atom stereocenters. The Hall–Kier alpha value is -1.06. The average molecular weight is 283 g/mol. The monoisotopic (exact) mass is 282 g/mol. The van der Waals surface area contributed by atoms with Crippen LogP contribution >= 0.6 is 12.4 Å². The SMILES string of the molecule is CCc1ccc(C(=O)N2CCC(NC)CC2)cc1.Cl. The summed E-state index contributed by atoms with van der Waals surface area (Å²) in [5.41, 5.74) is 2.09. The molecule has 1 aromatic rings. The fourth-order valence-corrected chi connectivity index (χ4v) is 2.44. The van der Waals surface area contributed by atoms with Crippen LogP contribution in [-0.4, -0.2) is 37.0 Å². The fraction of sp³-hybridized carbons (Fsp3) is 0.533. The molecule has 3 nitrogen and oxygen atoms in total. The molecular formula is C15H23ClN2O. The maximum Gasteiger partial charge on any atom is 0.253 e. The first kappa shape index (κ1) is 16.0. The van der Waals surface area contributed by atoms with Crippen LogP contribution in [0.3, 0.4) is 0 Å². The largest absolute Gasteiger partial charge is 0.339 e. The molecule has 0 radical (unpaired) electrons. The number of nitrogens with one attached hydrogen (secondary N) is 1. The molecule has 1 aliphatic heterocycles. The van der Waals surface area contributed by atoms with Crippen LogP contribution in [0.5, 0.6) is 0 Å². The quantitative estimate of drug-likeness (QED) is 0.924. The van der Waals surface area contributed by atoms with Crippen LogP contribution in [0, 0.1) is 0 Å². The topological polar surface area (TPSA) is 32.3 Å². The van der Waals surface area contributed by atoms with Gasteiger partial charge in [0.25, 0.3) is 5.91 Å². The highest BCUT2D eigenvalue weighted by atomic mass is 35.5. The van der Waals surface area contributed by atoms with Gasteiger partial charge in [-0.2, -0.15) is 0 Å². The van der Waals surface area contributed by atoms with E-state index < -0.39 is 0 Å². The number of benzene rings is 1. The first-order chi connectivity index (χ1) is 8.74. The number of piperidine rings is 1. The number of aryl methyl sites for hydroxylation is 1. The smallest absolute Gasteiger partial charge is 0.253 e. The van der Waals surface area contributed by atoms with E-state index in [-0.39, 0.29) is 18.3 Å². The summed E-state index contributed by atoms with van der Waals surface area (Å²) in [6.07, 6.45) is 3.12. The van der Waals surface area contributed by atoms with Crippen molar-refractivity contribution in [2.24, 2.45) is 0 Å². The van der Waals surface area contributed by atoms with E-state index in [0.29, 0.717) is 6.04 Å². The summed E-state index contributed by atoms with van der Waals surface area (Å²) in [5.74, 6) is 0.173. The van der Waals surface area contributed by atoms with Crippen molar-refractivity contribution in [1.29, 1.82) is 0 Å². The third kappa shape index (κ3) is 3.95. The number of rotatable bonds is 3. The van der Waals surface area contributed by atoms with Crippen LogP contribution in [0.15, 0.2) is 24.3 Å². The zero-order chi connectivity index (χ0) is 13.0. The molecule has 1 N–H and O–H groups in total. The van der Waals surface area contributed by atoms with E-state index >= 15 is 0 Å². The number of amides is 1. The standard InChI is InChI=1S/C15H22N2O.ClH/c1-3-12-4-6-13(7-5-12)15(18)17-10-8-14(16-2)9-11-17;/h4-7,14,16H,3,8-11H2,1-2H3;1H. The molecule has 2 rings (SSSR count). The Morgan fingerprint density at radius 3 is 2.32 bits per heavy atom. The minimum Gasteiger partial charge on any atom is -0.339 e. The zero-order valence-corrected chi connectivity index (χ0v) is 12.5. The van der Waals surface area contributed by atoms with Crippen molar-refractivity contribution in [3.63, 3.8) is 0 Å². The van der Waals surface area contributed by atoms with E-state index in [2.05, 4.69) is 12.2 Å². The number of halogens is 1. The summed E-state index contributed by atoms with van der Waals surface area (Å²) in [4.78, 5) is 14.3. The molecule has 0 aromatic heterocycles. The highest BCUT2D eigenvalue weighted by Gasteiger charge is 2.22. The van der Waals surface area contributed by atoms with Gasteiger partial charge in [-0.25, -0.2) is 0 Å². The van der Waals surface area contributed by atoms with Crippen LogP contribution in [0.25, 0.3) is 0 Å². The van der Waals surface area contributed by atoms with Crippen molar-refractivity contribution in [3.05, 3.63) is 35.4 Å². The number of hydrogen-bond donors (Lipinski definition) is 1. The fourth-order valence-electron chi connectivity index (χ4n) is 2.44. The normalized spacial score (nSPS) is 16.0. The molecule has 0 spiro atoms. The minimum absolute atomic E-state index is 0. The maximum absolute atomic E-state index is 12.3. The van der Waals surface area contributed by atoms with Crippen LogP contribution in [0.4, 0.5) is 0 Å². The molecule has 4 heteroatoms. The molecule has 1 heterocycles. The zero-order valence-electron chi connectivity index (χ0n) is 11.7. The molecule has 19 heavy (non-hydrogen) atoms. The Balaban J connectivity index is 0.00000180. The average Bonchev–Trinajstić information content (AvgIpc) is 2.47. The third-order valence-corrected chi connectivity index (χ3v) is 3.80. The summed E-state index contributed by atoms with van der Waals surface area (Å²) in [7, 11) is 1.99. The first-order valence-corrected chi connectivity index (χ1v) is 6.80. The van der Waals surface area contributed by atoms with Crippen molar-refractivity contribution < 1.29 is 4.79 Å². The molecular weight excluding hydrogens is 260 g/mol. The Labute approximate surface area is 121 Å². The van der Waals surface area contributed by atoms with E-state index in [0.717, 1.165) is 37.9 Å². The first-order valence-electron chi connectivity index (χ1n) is 6.80. The second kappa shape index (κ2) is 7.51. The van der Waals surface area contributed by atoms with Gasteiger partial charge in [0.1, 0.15) is 0 Å². The number of carbonyl (C=O) groups is 1. The molecule has 0 saturated carbocycles. The van der Waals surface area contributed by atoms with Crippen LogP contribution < -0.4 is 5.32 Å². The Morgan fingerprint density at radius 1 is 1.26 bits per heavy atom. The van der Waals surface area contributed by atoms with Gasteiger partial charge in [-0.1, -0.05) is 19.1 Å². The van der Waals surface area contributed by atoms with Crippen molar-refractivity contribution in [1.82, 2.24) is 10.2 Å². The highest BCUT2D eigenvalue weighted by Crippen LogP contribution is 2.14. The van der Waals surface area contributed by atoms with Crippen LogP contribution in [0.2, 0.25) is 0 Å². The molecule has 0 unspecified atom stereocenters. The van der Waals surface area contributed by atoms with E-state index in [1.807, 2.05) is 36.2 Å². The third-order valence-electron chi connectivity index (χ3n) is 3.80. The Morgan fingerprint density at radius 2 is 1.84 bits per heavy atom. The highest BCUT2D eigenvalue weighted by molar-refractivity contribution is 5.94. The van der Waals surface area contributed by atoms with Gasteiger partial charge in [-0.15, -0.1) is 12.4 Å². The maximum atomic E-state index is 12.3. The molecule has 1 saturated heterocycles. The van der Waals surface area contributed by atoms with Gasteiger partial charge in [0, 0.05) is 24.7 Å². The van der Waals surface area contributed by atoms with Crippen LogP contribution in [0.1, 0.15) is 35.7 Å². The van der Waals surface area contributed by atoms with Gasteiger partial charge in [0.15, 0.2) is 0 Å². The Kier molecular flexibility index (Phi) is 6.32. The predicted octanol–water partition coefficient (Wildman–Crippen LogP) is 2.49. The van der Waals surface area contributed by atoms with Gasteiger partial charge in [0.2, 0.25) is 0 Å². The Bertz CT molecular complexity index is 397. The lowest BCUT2D eigenvalue weighted by Gasteiger charge is -2.31. The minimum atomic E-state index is 0. The molecule has 1 aliphatic rings. The lowest BCUT2D eigenvalue weighted by atomic mass is 10.0. The molecule has 0 bridgehead atoms. The summed E-state index contributed by atoms with van der Waals surface area (Å²) in [5, 5.41) is 3.28. The predicted molar refractivity (Wildman–Crippen MR) is 81.1 cm³/mol. The van der Waals surface area contributed by atoms with E-state index in [1.54, 1.807) is 0 Å². The number of likely N-dealkylation sites (tertiary alicyclic amines) is 1. The molecule has 1 aromatic carbocycles. The van der Waals surface area contributed by atoms with Gasteiger partial charge in [0.05, 0.1) is 0 Å². The molecule has 0 aliphatic carbocycles. The van der Waals surface area contributed by atoms with Crippen molar-refractivity contribution >= 4 is 18.3 Å². The van der Waals surface area contributed by atoms with Gasteiger partial charge >= 0.3 is 0 Å². The lowest BCUT2D eigenvalue weighted by Crippen LogP contribution is -2.43. The van der Waals surface area contributed by atoms with E-state index in [4.69, 9.17) is 0 Å². The van der Waals surface area contributed by atoms with Gasteiger partial charge in [-0.3, -0.25) is 4.79 Å². The summed E-state index contributed by atoms with van der Waals surface area (Å²) >= 11 is 0. The molecule has 1 fully saturated rings. The van der Waals surface area contributed by atoms with Crippen molar-refractivity contribution in [2.75, 3.05) is 20.1 Å².